The van der Waals surface area contributed by atoms with Crippen LogP contribution in [-0.4, -0.2) is 22.9 Å². The molecule has 2 unspecified atom stereocenters. The maximum Gasteiger partial charge on any atom is 0.0594 e. The number of hydrogen-bond acceptors (Lipinski definition) is 2. The lowest BCUT2D eigenvalue weighted by Crippen LogP contribution is -2.66. The monoisotopic (exact) mass is 402 g/mol. The second kappa shape index (κ2) is 6.25. The molecule has 29 heavy (non-hydrogen) atoms. The second-order valence-electron chi connectivity index (χ2n) is 13.6. The SMILES string of the molecule is CC1(C)C(O)CC[C@]2(C)[C@H]3CC[C@@H]4C5CCC[C@]5(CO)CC[C@@]4(C)[C@]3(C)CC[C@@H]12. The van der Waals surface area contributed by atoms with Crippen molar-refractivity contribution in [3.63, 3.8) is 0 Å². The van der Waals surface area contributed by atoms with E-state index in [4.69, 9.17) is 0 Å². The molecule has 0 amide bonds. The molecule has 0 radical (unpaired) electrons. The van der Waals surface area contributed by atoms with E-state index in [1.165, 1.54) is 64.2 Å². The Bertz CT molecular complexity index is 671. The van der Waals surface area contributed by atoms with Gasteiger partial charge in [-0.2, -0.15) is 0 Å². The van der Waals surface area contributed by atoms with Crippen molar-refractivity contribution in [2.45, 2.75) is 111 Å². The van der Waals surface area contributed by atoms with E-state index in [9.17, 15) is 10.2 Å². The molecular weight excluding hydrogens is 356 g/mol. The molecule has 0 spiro atoms. The van der Waals surface area contributed by atoms with E-state index in [1.807, 2.05) is 0 Å². The molecule has 0 saturated heterocycles. The van der Waals surface area contributed by atoms with Crippen molar-refractivity contribution in [3.8, 4) is 0 Å². The highest BCUT2D eigenvalue weighted by molar-refractivity contribution is 5.18. The summed E-state index contributed by atoms with van der Waals surface area (Å²) < 4.78 is 0. The standard InChI is InChI=1S/C27H46O2/c1-23(2)20-10-14-26(5)21(24(20,3)13-11-22(23)29)9-8-18-19-7-6-12-27(19,17-28)16-15-25(18,26)4/h18-22,28-29H,6-17H2,1-5H3/t18-,19?,20+,21-,22?,24+,25-,26-,27-/m1/s1. The van der Waals surface area contributed by atoms with Crippen LogP contribution in [0.5, 0.6) is 0 Å². The van der Waals surface area contributed by atoms with E-state index >= 15 is 0 Å². The maximum atomic E-state index is 10.8. The molecular formula is C27H46O2. The van der Waals surface area contributed by atoms with Crippen LogP contribution < -0.4 is 0 Å². The molecule has 166 valence electrons. The van der Waals surface area contributed by atoms with Crippen molar-refractivity contribution in [2.24, 2.45) is 50.7 Å². The Kier molecular flexibility index (Phi) is 4.48. The zero-order chi connectivity index (χ0) is 20.9. The lowest BCUT2D eigenvalue weighted by Gasteiger charge is -2.72. The van der Waals surface area contributed by atoms with Crippen LogP contribution in [0.1, 0.15) is 105 Å². The molecule has 5 rings (SSSR count). The Morgan fingerprint density at radius 1 is 0.690 bits per heavy atom. The largest absolute Gasteiger partial charge is 0.396 e. The molecule has 9 atom stereocenters. The van der Waals surface area contributed by atoms with Crippen LogP contribution in [0, 0.1) is 50.7 Å². The third-order valence-corrected chi connectivity index (χ3v) is 12.8. The van der Waals surface area contributed by atoms with Gasteiger partial charge in [0.15, 0.2) is 0 Å². The number of fused-ring (bicyclic) bond motifs is 7. The first-order valence-electron chi connectivity index (χ1n) is 12.8. The van der Waals surface area contributed by atoms with E-state index in [-0.39, 0.29) is 16.9 Å². The maximum absolute atomic E-state index is 10.8. The third-order valence-electron chi connectivity index (χ3n) is 12.8. The van der Waals surface area contributed by atoms with Crippen LogP contribution in [0.15, 0.2) is 0 Å². The molecule has 5 saturated carbocycles. The normalized spacial score (nSPS) is 58.7. The van der Waals surface area contributed by atoms with E-state index in [0.29, 0.717) is 28.8 Å². The summed E-state index contributed by atoms with van der Waals surface area (Å²) in [4.78, 5) is 0. The predicted octanol–water partition coefficient (Wildman–Crippen LogP) is 6.20. The fourth-order valence-corrected chi connectivity index (χ4v) is 11.0. The molecule has 2 nitrogen and oxygen atoms in total. The average molecular weight is 403 g/mol. The van der Waals surface area contributed by atoms with Gasteiger partial charge in [-0.1, -0.05) is 41.0 Å². The fraction of sp³-hybridized carbons (Fsp3) is 1.00. The van der Waals surface area contributed by atoms with Crippen molar-refractivity contribution in [1.82, 2.24) is 0 Å². The third kappa shape index (κ3) is 2.37. The zero-order valence-electron chi connectivity index (χ0n) is 19.8. The molecule has 2 heteroatoms. The fourth-order valence-electron chi connectivity index (χ4n) is 11.0. The van der Waals surface area contributed by atoms with Gasteiger partial charge in [0, 0.05) is 6.61 Å². The van der Waals surface area contributed by atoms with Crippen molar-refractivity contribution in [1.29, 1.82) is 0 Å². The number of aliphatic hydroxyl groups is 2. The molecule has 2 N–H and O–H groups in total. The van der Waals surface area contributed by atoms with Crippen LogP contribution in [0.2, 0.25) is 0 Å². The minimum absolute atomic E-state index is 0.0517. The van der Waals surface area contributed by atoms with Crippen LogP contribution >= 0.6 is 0 Å². The summed E-state index contributed by atoms with van der Waals surface area (Å²) in [5.41, 5.74) is 1.54. The highest BCUT2D eigenvalue weighted by Crippen LogP contribution is 2.76. The van der Waals surface area contributed by atoms with Gasteiger partial charge in [-0.05, 0) is 115 Å². The summed E-state index contributed by atoms with van der Waals surface area (Å²) in [6, 6.07) is 0. The Labute approximate surface area is 179 Å². The minimum Gasteiger partial charge on any atom is -0.396 e. The Morgan fingerprint density at radius 3 is 2.17 bits per heavy atom. The van der Waals surface area contributed by atoms with Gasteiger partial charge in [0.1, 0.15) is 0 Å². The summed E-state index contributed by atoms with van der Waals surface area (Å²) >= 11 is 0. The van der Waals surface area contributed by atoms with Gasteiger partial charge >= 0.3 is 0 Å². The number of hydrogen-bond donors (Lipinski definition) is 2. The van der Waals surface area contributed by atoms with E-state index < -0.39 is 0 Å². The molecule has 5 aliphatic carbocycles. The molecule has 0 aromatic carbocycles. The lowest BCUT2D eigenvalue weighted by atomic mass is 9.32. The van der Waals surface area contributed by atoms with Gasteiger partial charge in [-0.15, -0.1) is 0 Å². The van der Waals surface area contributed by atoms with Gasteiger partial charge in [-0.25, -0.2) is 0 Å². The predicted molar refractivity (Wildman–Crippen MR) is 118 cm³/mol. The van der Waals surface area contributed by atoms with Gasteiger partial charge in [0.2, 0.25) is 0 Å². The van der Waals surface area contributed by atoms with Crippen molar-refractivity contribution < 1.29 is 10.2 Å². The van der Waals surface area contributed by atoms with Gasteiger partial charge in [-0.3, -0.25) is 0 Å². The topological polar surface area (TPSA) is 40.5 Å². The number of rotatable bonds is 1. The molecule has 5 aliphatic rings. The summed E-state index contributed by atoms with van der Waals surface area (Å²) in [6.07, 6.45) is 14.0. The quantitative estimate of drug-likeness (QED) is 0.548. The summed E-state index contributed by atoms with van der Waals surface area (Å²) in [5.74, 6) is 3.03. The van der Waals surface area contributed by atoms with E-state index in [1.54, 1.807) is 0 Å². The second-order valence-corrected chi connectivity index (χ2v) is 13.6. The Morgan fingerprint density at radius 2 is 1.45 bits per heavy atom. The molecule has 0 bridgehead atoms. The van der Waals surface area contributed by atoms with Crippen LogP contribution in [-0.2, 0) is 0 Å². The Balaban J connectivity index is 1.53. The zero-order valence-corrected chi connectivity index (χ0v) is 19.8. The summed E-state index contributed by atoms with van der Waals surface area (Å²) in [5, 5.41) is 21.2. The average Bonchev–Trinajstić information content (AvgIpc) is 3.10. The molecule has 0 aliphatic heterocycles. The molecule has 0 heterocycles. The first kappa shape index (κ1) is 20.8. The smallest absolute Gasteiger partial charge is 0.0594 e. The van der Waals surface area contributed by atoms with Gasteiger partial charge < -0.3 is 10.2 Å². The lowest BCUT2D eigenvalue weighted by molar-refractivity contribution is -0.247. The minimum atomic E-state index is -0.129. The highest BCUT2D eigenvalue weighted by Gasteiger charge is 2.69. The Hall–Kier alpha value is -0.0800. The highest BCUT2D eigenvalue weighted by atomic mass is 16.3. The number of aliphatic hydroxyl groups excluding tert-OH is 2. The van der Waals surface area contributed by atoms with Crippen LogP contribution in [0.25, 0.3) is 0 Å². The first-order valence-corrected chi connectivity index (χ1v) is 12.8. The molecule has 5 fully saturated rings. The van der Waals surface area contributed by atoms with Gasteiger partial charge in [0.25, 0.3) is 0 Å². The van der Waals surface area contributed by atoms with Crippen LogP contribution in [0.3, 0.4) is 0 Å². The molecule has 0 aromatic rings. The van der Waals surface area contributed by atoms with Crippen molar-refractivity contribution in [2.75, 3.05) is 6.61 Å². The van der Waals surface area contributed by atoms with Crippen molar-refractivity contribution >= 4 is 0 Å². The van der Waals surface area contributed by atoms with Crippen LogP contribution in [0.4, 0.5) is 0 Å². The van der Waals surface area contributed by atoms with E-state index in [0.717, 1.165) is 24.2 Å². The van der Waals surface area contributed by atoms with Gasteiger partial charge in [0.05, 0.1) is 6.10 Å². The molecule has 0 aromatic heterocycles. The summed E-state index contributed by atoms with van der Waals surface area (Å²) in [6.45, 7) is 13.1. The van der Waals surface area contributed by atoms with E-state index in [2.05, 4.69) is 34.6 Å². The first-order chi connectivity index (χ1) is 13.6. The summed E-state index contributed by atoms with van der Waals surface area (Å²) in [7, 11) is 0. The van der Waals surface area contributed by atoms with Crippen molar-refractivity contribution in [3.05, 3.63) is 0 Å².